The van der Waals surface area contributed by atoms with Crippen LogP contribution in [0.25, 0.3) is 10.4 Å². The van der Waals surface area contributed by atoms with Crippen molar-refractivity contribution in [2.45, 2.75) is 18.8 Å². The number of hydrogen-bond acceptors (Lipinski definition) is 3. The van der Waals surface area contributed by atoms with Crippen LogP contribution in [0.15, 0.2) is 23.3 Å². The highest BCUT2D eigenvalue weighted by molar-refractivity contribution is 5.59. The van der Waals surface area contributed by atoms with Crippen LogP contribution in [0.4, 0.5) is 11.4 Å². The van der Waals surface area contributed by atoms with Gasteiger partial charge in [0.2, 0.25) is 0 Å². The summed E-state index contributed by atoms with van der Waals surface area (Å²) in [7, 11) is 0. The first kappa shape index (κ1) is 9.48. The fraction of sp³-hybridized carbons (Fsp3) is 0.333. The smallest absolute Gasteiger partial charge is 0.258 e. The standard InChI is InChI=1S/C9H8N4O2/c10-12-11-8-5-7(6-1-2-6)3-4-9(8)13(14)15/h3-6H,1-2H2. The minimum absolute atomic E-state index is 0.104. The summed E-state index contributed by atoms with van der Waals surface area (Å²) < 4.78 is 0. The number of benzene rings is 1. The van der Waals surface area contributed by atoms with Crippen molar-refractivity contribution in [2.75, 3.05) is 0 Å². The molecule has 0 aliphatic heterocycles. The summed E-state index contributed by atoms with van der Waals surface area (Å²) in [6, 6.07) is 4.74. The Hall–Kier alpha value is -2.07. The highest BCUT2D eigenvalue weighted by Crippen LogP contribution is 2.42. The molecule has 1 aliphatic carbocycles. The maximum Gasteiger partial charge on any atom is 0.279 e. The van der Waals surface area contributed by atoms with Crippen molar-refractivity contribution in [2.24, 2.45) is 5.11 Å². The maximum atomic E-state index is 10.6. The van der Waals surface area contributed by atoms with Crippen molar-refractivity contribution >= 4 is 11.4 Å². The SMILES string of the molecule is [N-]=[N+]=Nc1cc(C2CC2)ccc1[N+](=O)[O-]. The fourth-order valence-corrected chi connectivity index (χ4v) is 1.49. The summed E-state index contributed by atoms with van der Waals surface area (Å²) >= 11 is 0. The number of hydrogen-bond donors (Lipinski definition) is 0. The van der Waals surface area contributed by atoms with Crippen molar-refractivity contribution in [3.05, 3.63) is 44.3 Å². The van der Waals surface area contributed by atoms with Crippen LogP contribution < -0.4 is 0 Å². The zero-order chi connectivity index (χ0) is 10.8. The molecule has 0 unspecified atom stereocenters. The van der Waals surface area contributed by atoms with Gasteiger partial charge < -0.3 is 0 Å². The first-order valence-corrected chi connectivity index (χ1v) is 4.56. The molecule has 0 heterocycles. The van der Waals surface area contributed by atoms with Crippen molar-refractivity contribution < 1.29 is 4.92 Å². The van der Waals surface area contributed by atoms with Gasteiger partial charge in [-0.2, -0.15) is 0 Å². The molecule has 0 bridgehead atoms. The van der Waals surface area contributed by atoms with Gasteiger partial charge in [0, 0.05) is 11.0 Å². The molecule has 0 N–H and O–H groups in total. The Balaban J connectivity index is 2.47. The highest BCUT2D eigenvalue weighted by atomic mass is 16.6. The van der Waals surface area contributed by atoms with E-state index in [4.69, 9.17) is 5.53 Å². The lowest BCUT2D eigenvalue weighted by Crippen LogP contribution is -1.89. The van der Waals surface area contributed by atoms with E-state index >= 15 is 0 Å². The van der Waals surface area contributed by atoms with E-state index in [9.17, 15) is 10.1 Å². The van der Waals surface area contributed by atoms with Crippen LogP contribution in [0, 0.1) is 10.1 Å². The van der Waals surface area contributed by atoms with Gasteiger partial charge in [-0.1, -0.05) is 11.2 Å². The van der Waals surface area contributed by atoms with Gasteiger partial charge in [0.1, 0.15) is 5.69 Å². The van der Waals surface area contributed by atoms with E-state index in [1.807, 2.05) is 0 Å². The molecule has 0 amide bonds. The van der Waals surface area contributed by atoms with E-state index in [0.717, 1.165) is 18.4 Å². The molecular weight excluding hydrogens is 196 g/mol. The molecule has 0 aromatic heterocycles. The van der Waals surface area contributed by atoms with Crippen molar-refractivity contribution in [1.82, 2.24) is 0 Å². The molecule has 1 saturated carbocycles. The second-order valence-electron chi connectivity index (χ2n) is 3.47. The average Bonchev–Trinajstić information content (AvgIpc) is 3.01. The van der Waals surface area contributed by atoms with Crippen molar-refractivity contribution in [3.63, 3.8) is 0 Å². The molecule has 15 heavy (non-hydrogen) atoms. The number of rotatable bonds is 3. The van der Waals surface area contributed by atoms with Crippen LogP contribution in [0.2, 0.25) is 0 Å². The van der Waals surface area contributed by atoms with Crippen LogP contribution in [-0.2, 0) is 0 Å². The Morgan fingerprint density at radius 2 is 2.27 bits per heavy atom. The maximum absolute atomic E-state index is 10.6. The summed E-state index contributed by atoms with van der Waals surface area (Å²) in [5, 5.41) is 14.0. The Morgan fingerprint density at radius 3 is 2.80 bits per heavy atom. The third-order valence-electron chi connectivity index (χ3n) is 2.40. The first-order chi connectivity index (χ1) is 7.22. The Kier molecular flexibility index (Phi) is 2.27. The minimum atomic E-state index is -0.541. The summed E-state index contributed by atoms with van der Waals surface area (Å²) in [5.74, 6) is 0.485. The summed E-state index contributed by atoms with van der Waals surface area (Å²) in [5.41, 5.74) is 9.29. The average molecular weight is 204 g/mol. The van der Waals surface area contributed by atoms with Gasteiger partial charge >= 0.3 is 0 Å². The second-order valence-corrected chi connectivity index (χ2v) is 3.47. The largest absolute Gasteiger partial charge is 0.279 e. The summed E-state index contributed by atoms with van der Waals surface area (Å²) in [6.07, 6.45) is 2.21. The number of nitro groups is 1. The van der Waals surface area contributed by atoms with E-state index in [1.54, 1.807) is 12.1 Å². The molecule has 0 saturated heterocycles. The molecular formula is C9H8N4O2. The molecule has 6 nitrogen and oxygen atoms in total. The normalized spacial score (nSPS) is 14.4. The Labute approximate surface area is 85.3 Å². The molecule has 0 spiro atoms. The molecule has 1 aromatic carbocycles. The topological polar surface area (TPSA) is 91.9 Å². The van der Waals surface area contributed by atoms with Crippen LogP contribution in [0.1, 0.15) is 24.3 Å². The fourth-order valence-electron chi connectivity index (χ4n) is 1.49. The van der Waals surface area contributed by atoms with Crippen LogP contribution in [-0.4, -0.2) is 4.92 Å². The first-order valence-electron chi connectivity index (χ1n) is 4.56. The number of nitrogens with zero attached hydrogens (tertiary/aromatic N) is 4. The molecule has 2 rings (SSSR count). The Bertz CT molecular complexity index is 461. The van der Waals surface area contributed by atoms with Crippen molar-refractivity contribution in [3.8, 4) is 0 Å². The van der Waals surface area contributed by atoms with Crippen LogP contribution in [0.5, 0.6) is 0 Å². The third kappa shape index (κ3) is 1.89. The zero-order valence-corrected chi connectivity index (χ0v) is 7.83. The van der Waals surface area contributed by atoms with E-state index < -0.39 is 4.92 Å². The Morgan fingerprint density at radius 1 is 1.53 bits per heavy atom. The van der Waals surface area contributed by atoms with Gasteiger partial charge in [0.25, 0.3) is 5.69 Å². The van der Waals surface area contributed by atoms with E-state index in [1.165, 1.54) is 6.07 Å². The summed E-state index contributed by atoms with van der Waals surface area (Å²) in [4.78, 5) is 12.7. The van der Waals surface area contributed by atoms with E-state index in [0.29, 0.717) is 5.92 Å². The van der Waals surface area contributed by atoms with Gasteiger partial charge in [-0.05, 0) is 35.9 Å². The van der Waals surface area contributed by atoms with E-state index in [2.05, 4.69) is 10.0 Å². The lowest BCUT2D eigenvalue weighted by Gasteiger charge is -2.00. The van der Waals surface area contributed by atoms with Crippen molar-refractivity contribution in [1.29, 1.82) is 0 Å². The monoisotopic (exact) mass is 204 g/mol. The predicted octanol–water partition coefficient (Wildman–Crippen LogP) is 3.41. The lowest BCUT2D eigenvalue weighted by atomic mass is 10.1. The number of nitro benzene ring substituents is 1. The van der Waals surface area contributed by atoms with E-state index in [-0.39, 0.29) is 11.4 Å². The molecule has 0 radical (unpaired) electrons. The predicted molar refractivity (Wildman–Crippen MR) is 53.9 cm³/mol. The van der Waals surface area contributed by atoms with Gasteiger partial charge in [0.15, 0.2) is 0 Å². The van der Waals surface area contributed by atoms with Crippen LogP contribution in [0.3, 0.4) is 0 Å². The lowest BCUT2D eigenvalue weighted by molar-refractivity contribution is -0.384. The van der Waals surface area contributed by atoms with Gasteiger partial charge in [-0.25, -0.2) is 0 Å². The third-order valence-corrected chi connectivity index (χ3v) is 2.40. The summed E-state index contributed by atoms with van der Waals surface area (Å²) in [6.45, 7) is 0. The zero-order valence-electron chi connectivity index (χ0n) is 7.83. The number of azide groups is 1. The molecule has 76 valence electrons. The molecule has 6 heteroatoms. The van der Waals surface area contributed by atoms with Gasteiger partial charge in [0.05, 0.1) is 4.92 Å². The quantitative estimate of drug-likeness (QED) is 0.248. The van der Waals surface area contributed by atoms with Crippen LogP contribution >= 0.6 is 0 Å². The highest BCUT2D eigenvalue weighted by Gasteiger charge is 2.25. The minimum Gasteiger partial charge on any atom is -0.258 e. The van der Waals surface area contributed by atoms with Gasteiger partial charge in [-0.3, -0.25) is 10.1 Å². The second kappa shape index (κ2) is 3.59. The molecule has 1 aromatic rings. The molecule has 1 fully saturated rings. The van der Waals surface area contributed by atoms with Gasteiger partial charge in [-0.15, -0.1) is 0 Å². The molecule has 1 aliphatic rings. The molecule has 0 atom stereocenters.